The zero-order valence-electron chi connectivity index (χ0n) is 6.28. The van der Waals surface area contributed by atoms with Crippen molar-refractivity contribution in [1.82, 2.24) is 0 Å². The van der Waals surface area contributed by atoms with Crippen molar-refractivity contribution < 1.29 is 4.42 Å². The molecule has 0 spiro atoms. The molecule has 0 saturated heterocycles. The second kappa shape index (κ2) is 2.60. The van der Waals surface area contributed by atoms with Gasteiger partial charge in [0.25, 0.3) is 0 Å². The Balaban J connectivity index is 3.01. The highest BCUT2D eigenvalue weighted by molar-refractivity contribution is 7.71. The third kappa shape index (κ3) is 0.987. The first-order valence-corrected chi connectivity index (χ1v) is 3.96. The average molecular weight is 177 g/mol. The highest BCUT2D eigenvalue weighted by atomic mass is 32.1. The maximum absolute atomic E-state index is 5.59. The van der Waals surface area contributed by atoms with Crippen LogP contribution in [0.2, 0.25) is 0 Å². The molecule has 0 saturated carbocycles. The Bertz CT molecular complexity index is 475. The summed E-state index contributed by atoms with van der Waals surface area (Å²) in [4.78, 5) is 0. The summed E-state index contributed by atoms with van der Waals surface area (Å²) in [7, 11) is 0. The number of hydrogen-bond acceptors (Lipinski definition) is 3. The van der Waals surface area contributed by atoms with E-state index >= 15 is 0 Å². The van der Waals surface area contributed by atoms with Gasteiger partial charge in [-0.3, -0.25) is 0 Å². The number of anilines is 1. The van der Waals surface area contributed by atoms with Crippen molar-refractivity contribution in [3.8, 4) is 0 Å². The molecule has 0 fully saturated rings. The quantitative estimate of drug-likeness (QED) is 0.629. The van der Waals surface area contributed by atoms with Gasteiger partial charge in [0.2, 0.25) is 0 Å². The molecule has 0 aliphatic carbocycles. The molecule has 2 aromatic rings. The van der Waals surface area contributed by atoms with Crippen molar-refractivity contribution in [3.05, 3.63) is 35.0 Å². The van der Waals surface area contributed by atoms with E-state index in [0.29, 0.717) is 10.2 Å². The zero-order valence-corrected chi connectivity index (χ0v) is 7.10. The molecule has 12 heavy (non-hydrogen) atoms. The summed E-state index contributed by atoms with van der Waals surface area (Å²) >= 11 is 5.11. The summed E-state index contributed by atoms with van der Waals surface area (Å²) in [6.07, 6.45) is 1.48. The van der Waals surface area contributed by atoms with Gasteiger partial charge in [0.05, 0.1) is 10.2 Å². The van der Waals surface area contributed by atoms with Crippen LogP contribution in [0, 0.1) is 4.51 Å². The Hall–Kier alpha value is -1.35. The molecule has 0 bridgehead atoms. The van der Waals surface area contributed by atoms with Crippen molar-refractivity contribution in [2.75, 3.05) is 5.73 Å². The molecular weight excluding hydrogens is 170 g/mol. The van der Waals surface area contributed by atoms with Crippen LogP contribution in [0.1, 0.15) is 0 Å². The second-order valence-corrected chi connectivity index (χ2v) is 2.92. The van der Waals surface area contributed by atoms with E-state index in [4.69, 9.17) is 22.4 Å². The van der Waals surface area contributed by atoms with E-state index in [1.54, 1.807) is 0 Å². The van der Waals surface area contributed by atoms with Crippen LogP contribution in [0.5, 0.6) is 0 Å². The highest BCUT2D eigenvalue weighted by Crippen LogP contribution is 2.19. The lowest BCUT2D eigenvalue weighted by Gasteiger charge is -1.97. The van der Waals surface area contributed by atoms with Gasteiger partial charge in [0, 0.05) is 5.39 Å². The van der Waals surface area contributed by atoms with Crippen molar-refractivity contribution in [3.63, 3.8) is 0 Å². The molecule has 2 rings (SSSR count). The monoisotopic (exact) mass is 177 g/mol. The lowest BCUT2D eigenvalue weighted by molar-refractivity contribution is 0.606. The van der Waals surface area contributed by atoms with Crippen LogP contribution < -0.4 is 5.73 Å². The minimum absolute atomic E-state index is 0.517. The number of nitrogen functional groups attached to an aromatic ring is 1. The number of hydrogen-bond donors (Lipinski definition) is 1. The maximum atomic E-state index is 5.59. The predicted octanol–water partition coefficient (Wildman–Crippen LogP) is 2.74. The lowest BCUT2D eigenvalue weighted by atomic mass is 10.2. The topological polar surface area (TPSA) is 39.2 Å². The van der Waals surface area contributed by atoms with Gasteiger partial charge in [0.1, 0.15) is 11.8 Å². The van der Waals surface area contributed by atoms with Crippen molar-refractivity contribution >= 4 is 28.9 Å². The van der Waals surface area contributed by atoms with Crippen LogP contribution in [0.3, 0.4) is 0 Å². The fraction of sp³-hybridized carbons (Fsp3) is 0. The Morgan fingerprint density at radius 3 is 2.83 bits per heavy atom. The van der Waals surface area contributed by atoms with Gasteiger partial charge in [-0.05, 0) is 12.1 Å². The summed E-state index contributed by atoms with van der Waals surface area (Å²) in [5.74, 6) is 0. The van der Waals surface area contributed by atoms with Gasteiger partial charge in [-0.15, -0.1) is 0 Å². The van der Waals surface area contributed by atoms with E-state index in [-0.39, 0.29) is 0 Å². The summed E-state index contributed by atoms with van der Waals surface area (Å²) in [5.41, 5.74) is 6.88. The molecular formula is C9H7NOS. The number of para-hydroxylation sites is 1. The molecule has 1 aromatic carbocycles. The van der Waals surface area contributed by atoms with E-state index in [2.05, 4.69) is 0 Å². The Labute approximate surface area is 74.6 Å². The summed E-state index contributed by atoms with van der Waals surface area (Å²) < 4.78 is 5.90. The zero-order chi connectivity index (χ0) is 8.55. The largest absolute Gasteiger partial charge is 0.462 e. The van der Waals surface area contributed by atoms with Crippen molar-refractivity contribution in [2.24, 2.45) is 0 Å². The Morgan fingerprint density at radius 2 is 2.00 bits per heavy atom. The Kier molecular flexibility index (Phi) is 1.59. The lowest BCUT2D eigenvalue weighted by Crippen LogP contribution is -1.85. The number of rotatable bonds is 0. The van der Waals surface area contributed by atoms with Crippen molar-refractivity contribution in [2.45, 2.75) is 0 Å². The van der Waals surface area contributed by atoms with E-state index in [9.17, 15) is 0 Å². The number of nitrogens with two attached hydrogens (primary N) is 1. The summed E-state index contributed by atoms with van der Waals surface area (Å²) in [6, 6.07) is 7.58. The molecule has 0 aliphatic heterocycles. The van der Waals surface area contributed by atoms with E-state index in [1.165, 1.54) is 6.26 Å². The third-order valence-electron chi connectivity index (χ3n) is 1.71. The molecule has 1 aromatic heterocycles. The predicted molar refractivity (Wildman–Crippen MR) is 51.5 cm³/mol. The van der Waals surface area contributed by atoms with E-state index in [1.807, 2.05) is 24.3 Å². The molecule has 2 nitrogen and oxygen atoms in total. The van der Waals surface area contributed by atoms with Crippen molar-refractivity contribution in [1.29, 1.82) is 0 Å². The molecule has 0 atom stereocenters. The van der Waals surface area contributed by atoms with Gasteiger partial charge in [-0.2, -0.15) is 0 Å². The fourth-order valence-corrected chi connectivity index (χ4v) is 1.31. The van der Waals surface area contributed by atoms with Gasteiger partial charge >= 0.3 is 0 Å². The number of benzene rings is 1. The van der Waals surface area contributed by atoms with Gasteiger partial charge in [-0.25, -0.2) is 0 Å². The highest BCUT2D eigenvalue weighted by Gasteiger charge is 1.97. The molecule has 0 radical (unpaired) electrons. The van der Waals surface area contributed by atoms with Gasteiger partial charge in [-0.1, -0.05) is 24.4 Å². The van der Waals surface area contributed by atoms with Crippen LogP contribution in [0.25, 0.3) is 11.0 Å². The van der Waals surface area contributed by atoms with E-state index in [0.717, 1.165) is 11.0 Å². The molecule has 3 heteroatoms. The SMILES string of the molecule is Nc1coc2ccccc2c1=S. The smallest absolute Gasteiger partial charge is 0.135 e. The minimum Gasteiger partial charge on any atom is -0.462 e. The normalized spacial score (nSPS) is 10.3. The first-order valence-electron chi connectivity index (χ1n) is 3.55. The standard InChI is InChI=1S/C9H7NOS/c10-7-5-11-8-4-2-1-3-6(8)9(7)12/h1-5H,10H2. The summed E-state index contributed by atoms with van der Waals surface area (Å²) in [6.45, 7) is 0. The molecule has 60 valence electrons. The van der Waals surface area contributed by atoms with E-state index < -0.39 is 0 Å². The minimum atomic E-state index is 0.517. The maximum Gasteiger partial charge on any atom is 0.135 e. The first kappa shape index (κ1) is 7.31. The fourth-order valence-electron chi connectivity index (χ4n) is 1.09. The molecule has 2 N–H and O–H groups in total. The van der Waals surface area contributed by atoms with Crippen LogP contribution >= 0.6 is 12.2 Å². The molecule has 0 unspecified atom stereocenters. The van der Waals surface area contributed by atoms with Crippen LogP contribution in [-0.2, 0) is 0 Å². The molecule has 0 aliphatic rings. The molecule has 1 heterocycles. The van der Waals surface area contributed by atoms with Gasteiger partial charge in [0.15, 0.2) is 0 Å². The third-order valence-corrected chi connectivity index (χ3v) is 2.16. The molecule has 0 amide bonds. The van der Waals surface area contributed by atoms with Crippen LogP contribution in [-0.4, -0.2) is 0 Å². The average Bonchev–Trinajstić information content (AvgIpc) is 2.12. The number of fused-ring (bicyclic) bond motifs is 1. The summed E-state index contributed by atoms with van der Waals surface area (Å²) in [5, 5.41) is 0.896. The second-order valence-electron chi connectivity index (χ2n) is 2.52. The Morgan fingerprint density at radius 1 is 1.25 bits per heavy atom. The van der Waals surface area contributed by atoms with Crippen LogP contribution in [0.4, 0.5) is 5.69 Å². The first-order chi connectivity index (χ1) is 5.79. The van der Waals surface area contributed by atoms with Crippen LogP contribution in [0.15, 0.2) is 34.9 Å². The van der Waals surface area contributed by atoms with Gasteiger partial charge < -0.3 is 10.2 Å².